The van der Waals surface area contributed by atoms with Crippen LogP contribution in [0.1, 0.15) is 45.6 Å². The summed E-state index contributed by atoms with van der Waals surface area (Å²) in [6.07, 6.45) is 1.30. The molecule has 0 fully saturated rings. The average molecular weight is 263 g/mol. The second-order valence-electron chi connectivity index (χ2n) is 7.35. The highest BCUT2D eigenvalue weighted by Crippen LogP contribution is 2.30. The summed E-state index contributed by atoms with van der Waals surface area (Å²) in [4.78, 5) is 0. The molecule has 0 nitrogen and oxygen atoms in total. The lowest BCUT2D eigenvalue weighted by atomic mass is 9.82. The van der Waals surface area contributed by atoms with Crippen LogP contribution in [0.5, 0.6) is 0 Å². The highest BCUT2D eigenvalue weighted by Gasteiger charge is 2.19. The van der Waals surface area contributed by atoms with Gasteiger partial charge in [-0.3, -0.25) is 0 Å². The first-order chi connectivity index (χ1) is 8.21. The molecule has 102 valence electrons. The van der Waals surface area contributed by atoms with Gasteiger partial charge in [0.1, 0.15) is 0 Å². The number of rotatable bonds is 5. The van der Waals surface area contributed by atoms with Crippen LogP contribution in [-0.4, -0.2) is 8.07 Å². The molecule has 0 bridgehead atoms. The molecular formula is C17H30Si. The summed E-state index contributed by atoms with van der Waals surface area (Å²) >= 11 is 0. The highest BCUT2D eigenvalue weighted by molar-refractivity contribution is 6.88. The number of benzene rings is 1. The van der Waals surface area contributed by atoms with Crippen LogP contribution in [0.25, 0.3) is 0 Å². The summed E-state index contributed by atoms with van der Waals surface area (Å²) in [7, 11) is -1.15. The predicted octanol–water partition coefficient (Wildman–Crippen LogP) is 5.02. The van der Waals surface area contributed by atoms with Crippen molar-refractivity contribution in [3.05, 3.63) is 29.8 Å². The number of hydrogen-bond acceptors (Lipinski definition) is 0. The fourth-order valence-electron chi connectivity index (χ4n) is 2.53. The van der Waals surface area contributed by atoms with E-state index in [1.54, 1.807) is 5.19 Å². The minimum absolute atomic E-state index is 0.709. The summed E-state index contributed by atoms with van der Waals surface area (Å²) in [5.41, 5.74) is 1.53. The summed E-state index contributed by atoms with van der Waals surface area (Å²) in [6.45, 7) is 16.6. The largest absolute Gasteiger partial charge is 0.0775 e. The van der Waals surface area contributed by atoms with Gasteiger partial charge in [0, 0.05) is 0 Å². The Balaban J connectivity index is 2.94. The third-order valence-corrected chi connectivity index (χ3v) is 5.80. The predicted molar refractivity (Wildman–Crippen MR) is 86.5 cm³/mol. The smallest absolute Gasteiger partial charge is 0.0656 e. The van der Waals surface area contributed by atoms with Crippen LogP contribution >= 0.6 is 0 Å². The van der Waals surface area contributed by atoms with E-state index in [4.69, 9.17) is 0 Å². The fourth-order valence-corrected chi connectivity index (χ4v) is 3.70. The van der Waals surface area contributed by atoms with Crippen LogP contribution < -0.4 is 5.19 Å². The Bertz CT molecular complexity index is 354. The van der Waals surface area contributed by atoms with Crippen LogP contribution in [0.15, 0.2) is 24.3 Å². The summed E-state index contributed by atoms with van der Waals surface area (Å²) < 4.78 is 0. The van der Waals surface area contributed by atoms with Crippen molar-refractivity contribution in [3.63, 3.8) is 0 Å². The van der Waals surface area contributed by atoms with Gasteiger partial charge < -0.3 is 0 Å². The first-order valence-corrected chi connectivity index (χ1v) is 10.8. The average Bonchev–Trinajstić information content (AvgIpc) is 2.24. The van der Waals surface area contributed by atoms with E-state index in [0.717, 1.165) is 11.8 Å². The molecular weight excluding hydrogens is 232 g/mol. The second-order valence-corrected chi connectivity index (χ2v) is 12.4. The normalized spacial score (nSPS) is 14.3. The number of hydrogen-bond donors (Lipinski definition) is 0. The van der Waals surface area contributed by atoms with Crippen LogP contribution in [-0.2, 0) is 0 Å². The molecule has 0 radical (unpaired) electrons. The molecule has 0 spiro atoms. The summed E-state index contributed by atoms with van der Waals surface area (Å²) in [5.74, 6) is 2.21. The fraction of sp³-hybridized carbons (Fsp3) is 0.647. The van der Waals surface area contributed by atoms with Crippen molar-refractivity contribution in [2.45, 2.75) is 59.7 Å². The molecule has 1 aromatic rings. The van der Waals surface area contributed by atoms with Crippen molar-refractivity contribution in [2.24, 2.45) is 11.8 Å². The molecule has 1 heteroatoms. The molecule has 0 saturated heterocycles. The quantitative estimate of drug-likeness (QED) is 0.654. The molecule has 0 amide bonds. The Morgan fingerprint density at radius 2 is 1.39 bits per heavy atom. The van der Waals surface area contributed by atoms with E-state index in [-0.39, 0.29) is 0 Å². The SMILES string of the molecule is CC(C)CC(c1ccc([Si](C)(C)C)cc1)C(C)C. The lowest BCUT2D eigenvalue weighted by molar-refractivity contribution is 0.408. The van der Waals surface area contributed by atoms with Gasteiger partial charge in [-0.05, 0) is 29.7 Å². The van der Waals surface area contributed by atoms with E-state index in [2.05, 4.69) is 71.6 Å². The van der Waals surface area contributed by atoms with Crippen molar-refractivity contribution in [3.8, 4) is 0 Å². The van der Waals surface area contributed by atoms with Gasteiger partial charge >= 0.3 is 0 Å². The van der Waals surface area contributed by atoms with E-state index in [1.807, 2.05) is 0 Å². The third-order valence-electron chi connectivity index (χ3n) is 3.73. The molecule has 18 heavy (non-hydrogen) atoms. The van der Waals surface area contributed by atoms with Crippen LogP contribution in [0.4, 0.5) is 0 Å². The molecule has 1 unspecified atom stereocenters. The van der Waals surface area contributed by atoms with Crippen molar-refractivity contribution in [2.75, 3.05) is 0 Å². The van der Waals surface area contributed by atoms with Crippen LogP contribution in [0.3, 0.4) is 0 Å². The molecule has 0 aliphatic rings. The first kappa shape index (κ1) is 15.5. The summed E-state index contributed by atoms with van der Waals surface area (Å²) in [6, 6.07) is 9.50. The Labute approximate surface area is 115 Å². The minimum Gasteiger partial charge on any atom is -0.0656 e. The molecule has 1 aromatic carbocycles. The minimum atomic E-state index is -1.15. The maximum Gasteiger partial charge on any atom is 0.0775 e. The second kappa shape index (κ2) is 6.05. The van der Waals surface area contributed by atoms with E-state index >= 15 is 0 Å². The molecule has 1 rings (SSSR count). The monoisotopic (exact) mass is 262 g/mol. The van der Waals surface area contributed by atoms with E-state index in [0.29, 0.717) is 5.92 Å². The molecule has 0 aromatic heterocycles. The van der Waals surface area contributed by atoms with E-state index in [9.17, 15) is 0 Å². The van der Waals surface area contributed by atoms with Gasteiger partial charge in [0.15, 0.2) is 0 Å². The van der Waals surface area contributed by atoms with Gasteiger partial charge in [0.05, 0.1) is 8.07 Å². The standard InChI is InChI=1S/C17H30Si/c1-13(2)12-17(14(3)4)15-8-10-16(11-9-15)18(5,6)7/h8-11,13-14,17H,12H2,1-7H3. The molecule has 0 N–H and O–H groups in total. The van der Waals surface area contributed by atoms with Gasteiger partial charge in [-0.15, -0.1) is 0 Å². The van der Waals surface area contributed by atoms with Crippen molar-refractivity contribution >= 4 is 13.3 Å². The third kappa shape index (κ3) is 4.27. The van der Waals surface area contributed by atoms with Crippen molar-refractivity contribution in [1.29, 1.82) is 0 Å². The summed E-state index contributed by atoms with van der Waals surface area (Å²) in [5, 5.41) is 1.57. The van der Waals surface area contributed by atoms with Gasteiger partial charge in [-0.25, -0.2) is 0 Å². The Morgan fingerprint density at radius 3 is 1.72 bits per heavy atom. The molecule has 0 heterocycles. The molecule has 0 aliphatic carbocycles. The molecule has 0 aliphatic heterocycles. The maximum absolute atomic E-state index is 2.41. The van der Waals surface area contributed by atoms with E-state index < -0.39 is 8.07 Å². The Hall–Kier alpha value is -0.563. The Kier molecular flexibility index (Phi) is 5.21. The van der Waals surface area contributed by atoms with E-state index in [1.165, 1.54) is 12.0 Å². The van der Waals surface area contributed by atoms with Gasteiger partial charge in [-0.1, -0.05) is 76.8 Å². The maximum atomic E-state index is 2.41. The van der Waals surface area contributed by atoms with Crippen molar-refractivity contribution < 1.29 is 0 Å². The van der Waals surface area contributed by atoms with Crippen LogP contribution in [0.2, 0.25) is 19.6 Å². The Morgan fingerprint density at radius 1 is 0.889 bits per heavy atom. The lowest BCUT2D eigenvalue weighted by Crippen LogP contribution is -2.37. The van der Waals surface area contributed by atoms with Gasteiger partial charge in [0.25, 0.3) is 0 Å². The molecule has 0 saturated carbocycles. The van der Waals surface area contributed by atoms with Gasteiger partial charge in [0.2, 0.25) is 0 Å². The topological polar surface area (TPSA) is 0 Å². The zero-order chi connectivity index (χ0) is 13.9. The lowest BCUT2D eigenvalue weighted by Gasteiger charge is -2.24. The highest BCUT2D eigenvalue weighted by atomic mass is 28.3. The zero-order valence-electron chi connectivity index (χ0n) is 13.2. The van der Waals surface area contributed by atoms with Gasteiger partial charge in [-0.2, -0.15) is 0 Å². The zero-order valence-corrected chi connectivity index (χ0v) is 14.2. The first-order valence-electron chi connectivity index (χ1n) is 7.32. The molecule has 1 atom stereocenters. The van der Waals surface area contributed by atoms with Crippen molar-refractivity contribution in [1.82, 2.24) is 0 Å². The van der Waals surface area contributed by atoms with Crippen LogP contribution in [0, 0.1) is 11.8 Å².